The molecular weight excluding hydrogens is 212 g/mol. The van der Waals surface area contributed by atoms with Gasteiger partial charge in [0.25, 0.3) is 0 Å². The molecule has 0 radical (unpaired) electrons. The smallest absolute Gasteiger partial charge is 0.0960 e. The van der Waals surface area contributed by atoms with Crippen LogP contribution in [0.25, 0.3) is 0 Å². The van der Waals surface area contributed by atoms with Crippen LogP contribution >= 0.6 is 0 Å². The van der Waals surface area contributed by atoms with Crippen molar-refractivity contribution in [3.05, 3.63) is 59.5 Å². The fraction of sp³-hybridized carbons (Fsp3) is 0.333. The van der Waals surface area contributed by atoms with Gasteiger partial charge in [-0.1, -0.05) is 24.3 Å². The Kier molecular flexibility index (Phi) is 2.73. The summed E-state index contributed by atoms with van der Waals surface area (Å²) in [6, 6.07) is 10.4. The van der Waals surface area contributed by atoms with Crippen LogP contribution in [0, 0.1) is 5.92 Å². The molecule has 0 amide bonds. The van der Waals surface area contributed by atoms with Gasteiger partial charge in [-0.05, 0) is 42.4 Å². The first-order valence-corrected chi connectivity index (χ1v) is 6.11. The number of hydrogen-bond donors (Lipinski definition) is 1. The highest BCUT2D eigenvalue weighted by Gasteiger charge is 2.26. The van der Waals surface area contributed by atoms with Gasteiger partial charge in [0.15, 0.2) is 0 Å². The van der Waals surface area contributed by atoms with E-state index in [4.69, 9.17) is 4.42 Å². The number of aliphatic hydroxyl groups excluding tert-OH is 1. The molecule has 1 aromatic heterocycles. The first-order chi connectivity index (χ1) is 8.34. The van der Waals surface area contributed by atoms with E-state index in [9.17, 15) is 5.11 Å². The zero-order chi connectivity index (χ0) is 11.7. The fourth-order valence-corrected chi connectivity index (χ4v) is 2.71. The Bertz CT molecular complexity index is 487. The summed E-state index contributed by atoms with van der Waals surface area (Å²) in [7, 11) is 0. The zero-order valence-electron chi connectivity index (χ0n) is 9.67. The van der Waals surface area contributed by atoms with Gasteiger partial charge < -0.3 is 9.52 Å². The predicted molar refractivity (Wildman–Crippen MR) is 65.6 cm³/mol. The number of fused-ring (bicyclic) bond motifs is 1. The predicted octanol–water partition coefficient (Wildman–Crippen LogP) is 3.12. The Labute approximate surface area is 101 Å². The Morgan fingerprint density at radius 1 is 1.18 bits per heavy atom. The van der Waals surface area contributed by atoms with Crippen LogP contribution in [0.4, 0.5) is 0 Å². The van der Waals surface area contributed by atoms with E-state index in [2.05, 4.69) is 24.3 Å². The van der Waals surface area contributed by atoms with E-state index in [-0.39, 0.29) is 0 Å². The summed E-state index contributed by atoms with van der Waals surface area (Å²) in [6.45, 7) is 0. The Morgan fingerprint density at radius 3 is 2.76 bits per heavy atom. The van der Waals surface area contributed by atoms with Gasteiger partial charge in [-0.15, -0.1) is 0 Å². The maximum Gasteiger partial charge on any atom is 0.0960 e. The van der Waals surface area contributed by atoms with Gasteiger partial charge >= 0.3 is 0 Å². The van der Waals surface area contributed by atoms with Crippen LogP contribution in [0.1, 0.15) is 29.2 Å². The van der Waals surface area contributed by atoms with Crippen LogP contribution in [-0.2, 0) is 12.8 Å². The van der Waals surface area contributed by atoms with E-state index in [1.807, 2.05) is 6.07 Å². The molecular formula is C15H16O2. The molecule has 2 nitrogen and oxygen atoms in total. The second kappa shape index (κ2) is 4.38. The van der Waals surface area contributed by atoms with E-state index in [0.717, 1.165) is 24.8 Å². The van der Waals surface area contributed by atoms with Crippen LogP contribution in [0.15, 0.2) is 47.3 Å². The molecule has 1 aromatic carbocycles. The second-order valence-electron chi connectivity index (χ2n) is 4.77. The number of aryl methyl sites for hydroxylation is 1. The normalized spacial score (nSPS) is 20.9. The van der Waals surface area contributed by atoms with Crippen LogP contribution in [0.3, 0.4) is 0 Å². The lowest BCUT2D eigenvalue weighted by Gasteiger charge is -2.28. The van der Waals surface area contributed by atoms with Crippen LogP contribution in [-0.4, -0.2) is 5.11 Å². The molecule has 1 heterocycles. The Morgan fingerprint density at radius 2 is 2.00 bits per heavy atom. The maximum atomic E-state index is 10.3. The number of rotatable bonds is 2. The number of hydrogen-bond acceptors (Lipinski definition) is 2. The summed E-state index contributed by atoms with van der Waals surface area (Å²) in [5.41, 5.74) is 3.71. The van der Waals surface area contributed by atoms with Crippen molar-refractivity contribution in [3.8, 4) is 0 Å². The first kappa shape index (κ1) is 10.6. The van der Waals surface area contributed by atoms with Crippen molar-refractivity contribution in [1.29, 1.82) is 0 Å². The molecule has 2 unspecified atom stereocenters. The molecule has 2 aromatic rings. The second-order valence-corrected chi connectivity index (χ2v) is 4.77. The van der Waals surface area contributed by atoms with E-state index in [1.54, 1.807) is 12.5 Å². The Hall–Kier alpha value is -1.54. The molecule has 2 atom stereocenters. The maximum absolute atomic E-state index is 10.3. The average molecular weight is 228 g/mol. The van der Waals surface area contributed by atoms with Crippen molar-refractivity contribution in [1.82, 2.24) is 0 Å². The molecule has 0 saturated carbocycles. The van der Waals surface area contributed by atoms with Crippen molar-refractivity contribution in [2.75, 3.05) is 0 Å². The lowest BCUT2D eigenvalue weighted by atomic mass is 9.80. The molecule has 1 N–H and O–H groups in total. The minimum atomic E-state index is -0.401. The molecule has 0 spiro atoms. The molecule has 0 bridgehead atoms. The van der Waals surface area contributed by atoms with Crippen molar-refractivity contribution in [2.45, 2.75) is 25.4 Å². The molecule has 1 aliphatic carbocycles. The topological polar surface area (TPSA) is 33.4 Å². The van der Waals surface area contributed by atoms with Gasteiger partial charge in [0.1, 0.15) is 0 Å². The summed E-state index contributed by atoms with van der Waals surface area (Å²) in [6.07, 6.45) is 5.93. The molecule has 3 rings (SSSR count). The molecule has 17 heavy (non-hydrogen) atoms. The van der Waals surface area contributed by atoms with Gasteiger partial charge in [0.2, 0.25) is 0 Å². The molecule has 0 aliphatic heterocycles. The summed E-state index contributed by atoms with van der Waals surface area (Å²) < 4.78 is 5.04. The third-order valence-corrected chi connectivity index (χ3v) is 3.72. The average Bonchev–Trinajstić information content (AvgIpc) is 2.91. The van der Waals surface area contributed by atoms with E-state index in [0.29, 0.717) is 5.92 Å². The van der Waals surface area contributed by atoms with E-state index in [1.165, 1.54) is 11.1 Å². The standard InChI is InChI=1S/C15H16O2/c16-15(14-7-8-17-10-14)13-6-5-11-3-1-2-4-12(11)9-13/h1-4,7-8,10,13,15-16H,5-6,9H2. The highest BCUT2D eigenvalue weighted by atomic mass is 16.3. The minimum Gasteiger partial charge on any atom is -0.472 e. The van der Waals surface area contributed by atoms with E-state index >= 15 is 0 Å². The van der Waals surface area contributed by atoms with Gasteiger partial charge in [-0.3, -0.25) is 0 Å². The van der Waals surface area contributed by atoms with Crippen molar-refractivity contribution >= 4 is 0 Å². The number of furan rings is 1. The molecule has 1 aliphatic rings. The third-order valence-electron chi connectivity index (χ3n) is 3.72. The summed E-state index contributed by atoms with van der Waals surface area (Å²) in [5.74, 6) is 0.308. The van der Waals surface area contributed by atoms with Crippen LogP contribution in [0.5, 0.6) is 0 Å². The highest BCUT2D eigenvalue weighted by molar-refractivity contribution is 5.30. The van der Waals surface area contributed by atoms with Crippen molar-refractivity contribution in [3.63, 3.8) is 0 Å². The van der Waals surface area contributed by atoms with Gasteiger partial charge in [0, 0.05) is 5.56 Å². The molecule has 0 fully saturated rings. The van der Waals surface area contributed by atoms with Gasteiger partial charge in [-0.25, -0.2) is 0 Å². The molecule has 2 heteroatoms. The number of aliphatic hydroxyl groups is 1. The highest BCUT2D eigenvalue weighted by Crippen LogP contribution is 2.34. The van der Waals surface area contributed by atoms with Crippen LogP contribution in [0.2, 0.25) is 0 Å². The Balaban J connectivity index is 1.80. The lowest BCUT2D eigenvalue weighted by molar-refractivity contribution is 0.0989. The molecule has 0 saturated heterocycles. The quantitative estimate of drug-likeness (QED) is 0.856. The fourth-order valence-electron chi connectivity index (χ4n) is 2.71. The van der Waals surface area contributed by atoms with Gasteiger partial charge in [0.05, 0.1) is 18.6 Å². The van der Waals surface area contributed by atoms with Crippen molar-refractivity contribution < 1.29 is 9.52 Å². The third kappa shape index (κ3) is 2.01. The van der Waals surface area contributed by atoms with E-state index < -0.39 is 6.10 Å². The summed E-state index contributed by atoms with van der Waals surface area (Å²) >= 11 is 0. The summed E-state index contributed by atoms with van der Waals surface area (Å²) in [5, 5.41) is 10.3. The summed E-state index contributed by atoms with van der Waals surface area (Å²) in [4.78, 5) is 0. The minimum absolute atomic E-state index is 0.308. The van der Waals surface area contributed by atoms with Gasteiger partial charge in [-0.2, -0.15) is 0 Å². The SMILES string of the molecule is OC(c1ccoc1)C1CCc2ccccc2C1. The largest absolute Gasteiger partial charge is 0.472 e. The number of benzene rings is 1. The monoisotopic (exact) mass is 228 g/mol. The first-order valence-electron chi connectivity index (χ1n) is 6.11. The van der Waals surface area contributed by atoms with Crippen molar-refractivity contribution in [2.24, 2.45) is 5.92 Å². The molecule has 88 valence electrons. The lowest BCUT2D eigenvalue weighted by Crippen LogP contribution is -2.20. The zero-order valence-corrected chi connectivity index (χ0v) is 9.67. The van der Waals surface area contributed by atoms with Crippen LogP contribution < -0.4 is 0 Å².